The molecule has 58 valence electrons. The molecule has 2 unspecified atom stereocenters. The van der Waals surface area contributed by atoms with Gasteiger partial charge in [0.15, 0.2) is 0 Å². The van der Waals surface area contributed by atoms with Crippen molar-refractivity contribution in [1.82, 2.24) is 0 Å². The van der Waals surface area contributed by atoms with E-state index in [-0.39, 0.29) is 0 Å². The van der Waals surface area contributed by atoms with Gasteiger partial charge >= 0.3 is 0 Å². The molecule has 2 atom stereocenters. The van der Waals surface area contributed by atoms with Crippen molar-refractivity contribution in [2.24, 2.45) is 11.8 Å². The van der Waals surface area contributed by atoms with E-state index in [9.17, 15) is 0 Å². The van der Waals surface area contributed by atoms with E-state index in [1.54, 1.807) is 5.57 Å². The molecule has 0 aromatic heterocycles. The van der Waals surface area contributed by atoms with Gasteiger partial charge in [-0.05, 0) is 38.0 Å². The maximum Gasteiger partial charge on any atom is -0.0320 e. The Morgan fingerprint density at radius 1 is 1.30 bits per heavy atom. The predicted molar refractivity (Wildman–Crippen MR) is 45.9 cm³/mol. The topological polar surface area (TPSA) is 0 Å². The van der Waals surface area contributed by atoms with Gasteiger partial charge in [-0.15, -0.1) is 0 Å². The second-order valence-corrected chi connectivity index (χ2v) is 3.78. The third-order valence-corrected chi connectivity index (χ3v) is 2.80. The summed E-state index contributed by atoms with van der Waals surface area (Å²) < 4.78 is 0. The van der Waals surface area contributed by atoms with Crippen molar-refractivity contribution in [2.75, 3.05) is 0 Å². The zero-order valence-electron chi connectivity index (χ0n) is 7.35. The van der Waals surface area contributed by atoms with Crippen molar-refractivity contribution in [2.45, 2.75) is 40.0 Å². The zero-order valence-corrected chi connectivity index (χ0v) is 7.35. The van der Waals surface area contributed by atoms with E-state index in [0.29, 0.717) is 0 Å². The second kappa shape index (κ2) is 3.23. The molecular weight excluding hydrogens is 120 g/mol. The standard InChI is InChI=1S/C10H18/c1-8-4-6-9(2)10(3)7-5-8/h4,9-10H,5-7H2,1-3H3. The Bertz CT molecular complexity index is 133. The van der Waals surface area contributed by atoms with Crippen molar-refractivity contribution < 1.29 is 0 Å². The van der Waals surface area contributed by atoms with Crippen molar-refractivity contribution in [3.8, 4) is 0 Å². The van der Waals surface area contributed by atoms with Gasteiger partial charge in [-0.1, -0.05) is 25.5 Å². The minimum Gasteiger partial charge on any atom is -0.0853 e. The fraction of sp³-hybridized carbons (Fsp3) is 0.800. The molecule has 0 nitrogen and oxygen atoms in total. The number of hydrogen-bond acceptors (Lipinski definition) is 0. The van der Waals surface area contributed by atoms with Crippen LogP contribution in [0.5, 0.6) is 0 Å². The van der Waals surface area contributed by atoms with Gasteiger partial charge < -0.3 is 0 Å². The molecule has 0 aliphatic heterocycles. The summed E-state index contributed by atoms with van der Waals surface area (Å²) in [5.41, 5.74) is 1.59. The second-order valence-electron chi connectivity index (χ2n) is 3.78. The van der Waals surface area contributed by atoms with Crippen LogP contribution in [0, 0.1) is 11.8 Å². The lowest BCUT2D eigenvalue weighted by Crippen LogP contribution is -2.04. The quantitative estimate of drug-likeness (QED) is 0.450. The predicted octanol–water partition coefficient (Wildman–Crippen LogP) is 3.39. The van der Waals surface area contributed by atoms with Gasteiger partial charge in [0, 0.05) is 0 Å². The highest BCUT2D eigenvalue weighted by Gasteiger charge is 2.13. The highest BCUT2D eigenvalue weighted by atomic mass is 14.2. The van der Waals surface area contributed by atoms with Crippen LogP contribution in [0.4, 0.5) is 0 Å². The third-order valence-electron chi connectivity index (χ3n) is 2.80. The first-order chi connectivity index (χ1) is 4.70. The molecule has 0 N–H and O–H groups in total. The Morgan fingerprint density at radius 3 is 2.70 bits per heavy atom. The molecule has 0 spiro atoms. The maximum atomic E-state index is 2.41. The van der Waals surface area contributed by atoms with Gasteiger partial charge in [-0.2, -0.15) is 0 Å². The van der Waals surface area contributed by atoms with Crippen LogP contribution in [0.2, 0.25) is 0 Å². The maximum absolute atomic E-state index is 2.41. The Balaban J connectivity index is 2.52. The van der Waals surface area contributed by atoms with Crippen molar-refractivity contribution in [3.63, 3.8) is 0 Å². The van der Waals surface area contributed by atoms with Crippen LogP contribution in [0.25, 0.3) is 0 Å². The molecule has 1 aliphatic rings. The molecule has 0 amide bonds. The van der Waals surface area contributed by atoms with Crippen LogP contribution < -0.4 is 0 Å². The van der Waals surface area contributed by atoms with Crippen LogP contribution in [0.15, 0.2) is 11.6 Å². The van der Waals surface area contributed by atoms with Crippen molar-refractivity contribution in [1.29, 1.82) is 0 Å². The summed E-state index contributed by atoms with van der Waals surface area (Å²) in [6.07, 6.45) is 6.43. The van der Waals surface area contributed by atoms with Crippen molar-refractivity contribution >= 4 is 0 Å². The Morgan fingerprint density at radius 2 is 2.00 bits per heavy atom. The van der Waals surface area contributed by atoms with Gasteiger partial charge in [0.05, 0.1) is 0 Å². The molecule has 0 aromatic carbocycles. The Labute approximate surface area is 64.3 Å². The summed E-state index contributed by atoms with van der Waals surface area (Å²) in [5.74, 6) is 1.83. The van der Waals surface area contributed by atoms with Crippen LogP contribution >= 0.6 is 0 Å². The average Bonchev–Trinajstić information content (AvgIpc) is 2.04. The number of rotatable bonds is 0. The smallest absolute Gasteiger partial charge is 0.0320 e. The van der Waals surface area contributed by atoms with E-state index in [1.165, 1.54) is 19.3 Å². The Kier molecular flexibility index (Phi) is 2.53. The first-order valence-electron chi connectivity index (χ1n) is 4.36. The molecule has 1 aliphatic carbocycles. The lowest BCUT2D eigenvalue weighted by molar-refractivity contribution is 0.378. The molecule has 0 aromatic rings. The van der Waals surface area contributed by atoms with Crippen molar-refractivity contribution in [3.05, 3.63) is 11.6 Å². The van der Waals surface area contributed by atoms with E-state index in [1.807, 2.05) is 0 Å². The summed E-state index contributed by atoms with van der Waals surface area (Å²) in [7, 11) is 0. The van der Waals surface area contributed by atoms with Crippen LogP contribution in [0.1, 0.15) is 40.0 Å². The lowest BCUT2D eigenvalue weighted by atomic mass is 9.91. The molecule has 0 fully saturated rings. The first kappa shape index (κ1) is 7.84. The molecule has 0 radical (unpaired) electrons. The van der Waals surface area contributed by atoms with Gasteiger partial charge in [0.25, 0.3) is 0 Å². The highest BCUT2D eigenvalue weighted by Crippen LogP contribution is 2.26. The number of allylic oxidation sites excluding steroid dienone is 2. The fourth-order valence-electron chi connectivity index (χ4n) is 1.46. The molecular formula is C10H18. The van der Waals surface area contributed by atoms with Gasteiger partial charge in [-0.25, -0.2) is 0 Å². The largest absolute Gasteiger partial charge is 0.0853 e. The van der Waals surface area contributed by atoms with E-state index < -0.39 is 0 Å². The average molecular weight is 138 g/mol. The lowest BCUT2D eigenvalue weighted by Gasteiger charge is -2.14. The summed E-state index contributed by atoms with van der Waals surface area (Å²) in [4.78, 5) is 0. The van der Waals surface area contributed by atoms with E-state index >= 15 is 0 Å². The third kappa shape index (κ3) is 1.86. The summed E-state index contributed by atoms with van der Waals surface area (Å²) >= 11 is 0. The molecule has 0 heterocycles. The minimum atomic E-state index is 0.900. The number of hydrogen-bond donors (Lipinski definition) is 0. The summed E-state index contributed by atoms with van der Waals surface area (Å²) in [6.45, 7) is 6.99. The van der Waals surface area contributed by atoms with E-state index in [4.69, 9.17) is 0 Å². The monoisotopic (exact) mass is 138 g/mol. The summed E-state index contributed by atoms with van der Waals surface area (Å²) in [6, 6.07) is 0. The molecule has 0 saturated heterocycles. The zero-order chi connectivity index (χ0) is 7.56. The molecule has 1 rings (SSSR count). The molecule has 0 bridgehead atoms. The molecule has 0 saturated carbocycles. The highest BCUT2D eigenvalue weighted by molar-refractivity contribution is 5.01. The Hall–Kier alpha value is -0.260. The van der Waals surface area contributed by atoms with E-state index in [2.05, 4.69) is 26.8 Å². The van der Waals surface area contributed by atoms with Crippen LogP contribution in [-0.2, 0) is 0 Å². The molecule has 0 heteroatoms. The summed E-state index contributed by atoms with van der Waals surface area (Å²) in [5, 5.41) is 0. The van der Waals surface area contributed by atoms with Gasteiger partial charge in [0.1, 0.15) is 0 Å². The van der Waals surface area contributed by atoms with Crippen LogP contribution in [0.3, 0.4) is 0 Å². The SMILES string of the molecule is CC1=CCC(C)C(C)CC1. The molecule has 10 heavy (non-hydrogen) atoms. The fourth-order valence-corrected chi connectivity index (χ4v) is 1.46. The normalized spacial score (nSPS) is 34.9. The van der Waals surface area contributed by atoms with E-state index in [0.717, 1.165) is 11.8 Å². The van der Waals surface area contributed by atoms with Crippen LogP contribution in [-0.4, -0.2) is 0 Å². The van der Waals surface area contributed by atoms with Gasteiger partial charge in [0.2, 0.25) is 0 Å². The first-order valence-corrected chi connectivity index (χ1v) is 4.36. The van der Waals surface area contributed by atoms with Gasteiger partial charge in [-0.3, -0.25) is 0 Å². The minimum absolute atomic E-state index is 0.900.